The lowest BCUT2D eigenvalue weighted by Gasteiger charge is -2.30. The maximum Gasteiger partial charge on any atom is 0.0696 e. The van der Waals surface area contributed by atoms with Crippen molar-refractivity contribution in [3.63, 3.8) is 0 Å². The summed E-state index contributed by atoms with van der Waals surface area (Å²) >= 11 is 3.67. The minimum Gasteiger partial charge on any atom is -0.315 e. The van der Waals surface area contributed by atoms with E-state index in [1.807, 2.05) is 11.3 Å². The van der Waals surface area contributed by atoms with Crippen LogP contribution in [-0.4, -0.2) is 37.3 Å². The first-order valence-electron chi connectivity index (χ1n) is 7.50. The summed E-state index contributed by atoms with van der Waals surface area (Å²) in [5.74, 6) is 0. The quantitative estimate of drug-likeness (QED) is 0.862. The van der Waals surface area contributed by atoms with Gasteiger partial charge in [0.1, 0.15) is 0 Å². The fraction of sp³-hybridized carbons (Fsp3) is 0.412. The molecule has 0 aliphatic carbocycles. The van der Waals surface area contributed by atoms with Crippen molar-refractivity contribution < 1.29 is 0 Å². The van der Waals surface area contributed by atoms with Crippen LogP contribution < -0.4 is 5.32 Å². The molecule has 1 N–H and O–H groups in total. The minimum atomic E-state index is 0.404. The van der Waals surface area contributed by atoms with Crippen LogP contribution in [0.25, 0.3) is 0 Å². The van der Waals surface area contributed by atoms with Crippen LogP contribution >= 0.6 is 23.1 Å². The first kappa shape index (κ1) is 15.1. The first-order valence-corrected chi connectivity index (χ1v) is 9.61. The van der Waals surface area contributed by atoms with Crippen molar-refractivity contribution in [1.82, 2.24) is 10.2 Å². The summed E-state index contributed by atoms with van der Waals surface area (Å²) in [4.78, 5) is 5.41. The Morgan fingerprint density at radius 3 is 2.71 bits per heavy atom. The SMILES string of the molecule is CSc1ccc(C(c2cccs2)N2CCCNCC2)cc1. The van der Waals surface area contributed by atoms with Crippen molar-refractivity contribution >= 4 is 23.1 Å². The highest BCUT2D eigenvalue weighted by molar-refractivity contribution is 7.98. The molecule has 0 saturated carbocycles. The van der Waals surface area contributed by atoms with Gasteiger partial charge in [0.05, 0.1) is 6.04 Å². The van der Waals surface area contributed by atoms with Gasteiger partial charge in [-0.15, -0.1) is 23.1 Å². The zero-order valence-corrected chi connectivity index (χ0v) is 14.1. The van der Waals surface area contributed by atoms with E-state index < -0.39 is 0 Å². The highest BCUT2D eigenvalue weighted by Crippen LogP contribution is 2.33. The monoisotopic (exact) mass is 318 g/mol. The number of hydrogen-bond acceptors (Lipinski definition) is 4. The third-order valence-corrected chi connectivity index (χ3v) is 5.65. The summed E-state index contributed by atoms with van der Waals surface area (Å²) in [6, 6.07) is 13.9. The third-order valence-electron chi connectivity index (χ3n) is 3.98. The molecule has 1 aliphatic heterocycles. The maximum absolute atomic E-state index is 3.51. The summed E-state index contributed by atoms with van der Waals surface area (Å²) < 4.78 is 0. The van der Waals surface area contributed by atoms with Gasteiger partial charge in [0.15, 0.2) is 0 Å². The van der Waals surface area contributed by atoms with E-state index in [9.17, 15) is 0 Å². The molecule has 0 amide bonds. The molecular formula is C17H22N2S2. The number of nitrogens with zero attached hydrogens (tertiary/aromatic N) is 1. The molecule has 21 heavy (non-hydrogen) atoms. The Bertz CT molecular complexity index is 528. The van der Waals surface area contributed by atoms with Crippen LogP contribution in [-0.2, 0) is 0 Å². The highest BCUT2D eigenvalue weighted by Gasteiger charge is 2.23. The van der Waals surface area contributed by atoms with E-state index in [4.69, 9.17) is 0 Å². The Morgan fingerprint density at radius 2 is 2.00 bits per heavy atom. The molecule has 2 aromatic rings. The predicted octanol–water partition coefficient (Wildman–Crippen LogP) is 3.85. The lowest BCUT2D eigenvalue weighted by molar-refractivity contribution is 0.244. The molecule has 2 nitrogen and oxygen atoms in total. The molecular weight excluding hydrogens is 296 g/mol. The van der Waals surface area contributed by atoms with E-state index in [0.29, 0.717) is 6.04 Å². The molecule has 1 aromatic heterocycles. The van der Waals surface area contributed by atoms with Crippen molar-refractivity contribution in [1.29, 1.82) is 0 Å². The van der Waals surface area contributed by atoms with E-state index >= 15 is 0 Å². The fourth-order valence-corrected chi connectivity index (χ4v) is 4.21. The Morgan fingerprint density at radius 1 is 1.14 bits per heavy atom. The Balaban J connectivity index is 1.91. The summed E-state index contributed by atoms with van der Waals surface area (Å²) in [7, 11) is 0. The fourth-order valence-electron chi connectivity index (χ4n) is 2.91. The zero-order chi connectivity index (χ0) is 14.5. The third kappa shape index (κ3) is 3.69. The standard InChI is InChI=1S/C17H22N2S2/c1-20-15-7-5-14(6-8-15)17(16-4-2-13-21-16)19-11-3-9-18-10-12-19/h2,4-8,13,17-18H,3,9-12H2,1H3. The van der Waals surface area contributed by atoms with E-state index in [-0.39, 0.29) is 0 Å². The molecule has 1 fully saturated rings. The number of rotatable bonds is 4. The van der Waals surface area contributed by atoms with Crippen molar-refractivity contribution in [2.75, 3.05) is 32.4 Å². The zero-order valence-electron chi connectivity index (χ0n) is 12.4. The van der Waals surface area contributed by atoms with E-state index in [0.717, 1.165) is 19.6 Å². The smallest absolute Gasteiger partial charge is 0.0696 e. The van der Waals surface area contributed by atoms with Crippen LogP contribution in [0.3, 0.4) is 0 Å². The molecule has 1 saturated heterocycles. The molecule has 4 heteroatoms. The van der Waals surface area contributed by atoms with Crippen LogP contribution in [0.2, 0.25) is 0 Å². The first-order chi connectivity index (χ1) is 10.4. The van der Waals surface area contributed by atoms with E-state index in [1.165, 1.54) is 28.3 Å². The molecule has 1 unspecified atom stereocenters. The van der Waals surface area contributed by atoms with Crippen LogP contribution in [0, 0.1) is 0 Å². The lowest BCUT2D eigenvalue weighted by Crippen LogP contribution is -2.32. The number of hydrogen-bond donors (Lipinski definition) is 1. The van der Waals surface area contributed by atoms with Crippen molar-refractivity contribution in [2.24, 2.45) is 0 Å². The van der Waals surface area contributed by atoms with Gasteiger partial charge in [0, 0.05) is 29.4 Å². The molecule has 1 aliphatic rings. The van der Waals surface area contributed by atoms with E-state index in [1.54, 1.807) is 11.8 Å². The second-order valence-corrected chi connectivity index (χ2v) is 7.19. The maximum atomic E-state index is 3.51. The van der Waals surface area contributed by atoms with Gasteiger partial charge in [0.25, 0.3) is 0 Å². The van der Waals surface area contributed by atoms with Crippen molar-refractivity contribution in [3.05, 3.63) is 52.2 Å². The Kier molecular flexibility index (Phi) is 5.36. The molecule has 0 bridgehead atoms. The molecule has 0 radical (unpaired) electrons. The largest absolute Gasteiger partial charge is 0.315 e. The lowest BCUT2D eigenvalue weighted by atomic mass is 10.0. The van der Waals surface area contributed by atoms with Gasteiger partial charge in [-0.2, -0.15) is 0 Å². The normalized spacial score (nSPS) is 18.3. The van der Waals surface area contributed by atoms with E-state index in [2.05, 4.69) is 58.3 Å². The highest BCUT2D eigenvalue weighted by atomic mass is 32.2. The predicted molar refractivity (Wildman–Crippen MR) is 93.4 cm³/mol. The molecule has 0 spiro atoms. The molecule has 1 atom stereocenters. The number of nitrogens with one attached hydrogen (secondary N) is 1. The van der Waals surface area contributed by atoms with Gasteiger partial charge in [0.2, 0.25) is 0 Å². The molecule has 112 valence electrons. The van der Waals surface area contributed by atoms with Crippen molar-refractivity contribution in [2.45, 2.75) is 17.4 Å². The van der Waals surface area contributed by atoms with Gasteiger partial charge in [-0.05, 0) is 48.4 Å². The molecule has 1 aromatic carbocycles. The Labute approximate surface area is 135 Å². The van der Waals surface area contributed by atoms with Crippen LogP contribution in [0.15, 0.2) is 46.7 Å². The minimum absolute atomic E-state index is 0.404. The van der Waals surface area contributed by atoms with Gasteiger partial charge in [-0.1, -0.05) is 18.2 Å². The summed E-state index contributed by atoms with van der Waals surface area (Å²) in [5.41, 5.74) is 1.41. The number of thiophene rings is 1. The van der Waals surface area contributed by atoms with Gasteiger partial charge < -0.3 is 5.32 Å². The molecule has 3 rings (SSSR count). The second kappa shape index (κ2) is 7.45. The molecule has 2 heterocycles. The average molecular weight is 319 g/mol. The van der Waals surface area contributed by atoms with Crippen LogP contribution in [0.1, 0.15) is 22.9 Å². The summed E-state index contributed by atoms with van der Waals surface area (Å²) in [6.45, 7) is 4.51. The number of benzene rings is 1. The summed E-state index contributed by atoms with van der Waals surface area (Å²) in [6.07, 6.45) is 3.36. The second-order valence-electron chi connectivity index (χ2n) is 5.33. The topological polar surface area (TPSA) is 15.3 Å². The van der Waals surface area contributed by atoms with Gasteiger partial charge in [-0.3, -0.25) is 4.90 Å². The van der Waals surface area contributed by atoms with Gasteiger partial charge in [-0.25, -0.2) is 0 Å². The van der Waals surface area contributed by atoms with Crippen LogP contribution in [0.5, 0.6) is 0 Å². The van der Waals surface area contributed by atoms with Gasteiger partial charge >= 0.3 is 0 Å². The average Bonchev–Trinajstić information content (AvgIpc) is 2.91. The van der Waals surface area contributed by atoms with Crippen molar-refractivity contribution in [3.8, 4) is 0 Å². The van der Waals surface area contributed by atoms with Crippen LogP contribution in [0.4, 0.5) is 0 Å². The number of thioether (sulfide) groups is 1. The summed E-state index contributed by atoms with van der Waals surface area (Å²) in [5, 5.41) is 5.69. The Hall–Kier alpha value is -0.810.